The highest BCUT2D eigenvalue weighted by Crippen LogP contribution is 2.23. The maximum absolute atomic E-state index is 12.4. The molecule has 0 aliphatic carbocycles. The van der Waals surface area contributed by atoms with Crippen LogP contribution in [0.1, 0.15) is 18.5 Å². The van der Waals surface area contributed by atoms with Crippen molar-refractivity contribution in [1.29, 1.82) is 0 Å². The van der Waals surface area contributed by atoms with E-state index in [2.05, 4.69) is 41.6 Å². The molecule has 112 valence electrons. The summed E-state index contributed by atoms with van der Waals surface area (Å²) < 4.78 is 28.9. The van der Waals surface area contributed by atoms with E-state index in [1.807, 2.05) is 24.3 Å². The van der Waals surface area contributed by atoms with Gasteiger partial charge in [0.15, 0.2) is 0 Å². The van der Waals surface area contributed by atoms with E-state index < -0.39 is 10.0 Å². The van der Waals surface area contributed by atoms with Crippen molar-refractivity contribution in [2.45, 2.75) is 17.9 Å². The van der Waals surface area contributed by atoms with E-state index in [-0.39, 0.29) is 16.8 Å². The van der Waals surface area contributed by atoms with Crippen LogP contribution in [0.4, 0.5) is 5.82 Å². The van der Waals surface area contributed by atoms with Crippen LogP contribution in [0.3, 0.4) is 0 Å². The van der Waals surface area contributed by atoms with Gasteiger partial charge in [-0.15, -0.1) is 0 Å². The van der Waals surface area contributed by atoms with Crippen molar-refractivity contribution in [3.8, 4) is 0 Å². The lowest BCUT2D eigenvalue weighted by molar-refractivity contribution is 0.567. The number of halogens is 2. The number of nitrogens with zero attached hydrogens (tertiary/aromatic N) is 1. The number of nitrogen functional groups attached to an aromatic ring is 1. The van der Waals surface area contributed by atoms with Crippen LogP contribution in [0.25, 0.3) is 0 Å². The topological polar surface area (TPSA) is 85.1 Å². The van der Waals surface area contributed by atoms with Crippen LogP contribution in [0.15, 0.2) is 50.4 Å². The zero-order chi connectivity index (χ0) is 15.6. The molecule has 0 spiro atoms. The fraction of sp³-hybridized carbons (Fsp3) is 0.154. The monoisotopic (exact) mass is 433 g/mol. The first kappa shape index (κ1) is 16.4. The van der Waals surface area contributed by atoms with Crippen molar-refractivity contribution in [3.63, 3.8) is 0 Å². The fourth-order valence-corrected chi connectivity index (χ4v) is 3.85. The van der Waals surface area contributed by atoms with Crippen LogP contribution in [-0.4, -0.2) is 13.4 Å². The van der Waals surface area contributed by atoms with E-state index in [1.54, 1.807) is 6.92 Å². The maximum Gasteiger partial charge on any atom is 0.244 e. The molecule has 0 fully saturated rings. The Morgan fingerprint density at radius 3 is 2.43 bits per heavy atom. The van der Waals surface area contributed by atoms with E-state index in [0.717, 1.165) is 10.0 Å². The van der Waals surface area contributed by atoms with Gasteiger partial charge in [0, 0.05) is 21.2 Å². The molecule has 0 bridgehead atoms. The minimum absolute atomic E-state index is 0.0336. The molecule has 1 aromatic heterocycles. The highest BCUT2D eigenvalue weighted by Gasteiger charge is 2.22. The normalized spacial score (nSPS) is 13.1. The Hall–Kier alpha value is -0.960. The molecule has 1 atom stereocenters. The Morgan fingerprint density at radius 1 is 1.19 bits per heavy atom. The van der Waals surface area contributed by atoms with Gasteiger partial charge in [-0.05, 0) is 46.6 Å². The smallest absolute Gasteiger partial charge is 0.244 e. The SMILES string of the molecule is CC(NS(=O)(=O)c1cc(Br)cnc1N)c1ccc(Br)cc1. The van der Waals surface area contributed by atoms with E-state index >= 15 is 0 Å². The number of anilines is 1. The zero-order valence-corrected chi connectivity index (χ0v) is 15.0. The van der Waals surface area contributed by atoms with Gasteiger partial charge in [0.1, 0.15) is 10.7 Å². The van der Waals surface area contributed by atoms with Gasteiger partial charge in [-0.1, -0.05) is 28.1 Å². The number of nitrogens with one attached hydrogen (secondary N) is 1. The minimum atomic E-state index is -3.75. The first-order chi connectivity index (χ1) is 9.79. The number of aromatic nitrogens is 1. The Kier molecular flexibility index (Phi) is 5.03. The molecule has 8 heteroatoms. The number of pyridine rings is 1. The Balaban J connectivity index is 2.28. The number of sulfonamides is 1. The molecule has 0 radical (unpaired) electrons. The highest BCUT2D eigenvalue weighted by molar-refractivity contribution is 9.10. The summed E-state index contributed by atoms with van der Waals surface area (Å²) in [7, 11) is -3.75. The highest BCUT2D eigenvalue weighted by atomic mass is 79.9. The summed E-state index contributed by atoms with van der Waals surface area (Å²) in [6.45, 7) is 1.77. The van der Waals surface area contributed by atoms with Crippen molar-refractivity contribution in [2.75, 3.05) is 5.73 Å². The van der Waals surface area contributed by atoms with Gasteiger partial charge in [-0.3, -0.25) is 0 Å². The second-order valence-electron chi connectivity index (χ2n) is 4.43. The van der Waals surface area contributed by atoms with Crippen LogP contribution in [0, 0.1) is 0 Å². The Labute approximate surface area is 140 Å². The van der Waals surface area contributed by atoms with E-state index in [0.29, 0.717) is 4.47 Å². The van der Waals surface area contributed by atoms with Gasteiger partial charge < -0.3 is 5.73 Å². The molecule has 0 aliphatic heterocycles. The standard InChI is InChI=1S/C13H13Br2N3O2S/c1-8(9-2-4-10(14)5-3-9)18-21(19,20)12-6-11(15)7-17-13(12)16/h2-8,18H,1H3,(H2,16,17). The molecule has 0 amide bonds. The third-order valence-electron chi connectivity index (χ3n) is 2.84. The third-order valence-corrected chi connectivity index (χ3v) is 5.37. The summed E-state index contributed by atoms with van der Waals surface area (Å²) in [5, 5.41) is 0. The Morgan fingerprint density at radius 2 is 1.81 bits per heavy atom. The van der Waals surface area contributed by atoms with Crippen molar-refractivity contribution < 1.29 is 8.42 Å². The van der Waals surface area contributed by atoms with Crippen molar-refractivity contribution in [2.24, 2.45) is 0 Å². The number of hydrogen-bond donors (Lipinski definition) is 2. The molecule has 21 heavy (non-hydrogen) atoms. The molecule has 1 heterocycles. The number of rotatable bonds is 4. The molecule has 1 aromatic carbocycles. The van der Waals surface area contributed by atoms with Crippen LogP contribution in [0.5, 0.6) is 0 Å². The van der Waals surface area contributed by atoms with Gasteiger partial charge in [0.25, 0.3) is 0 Å². The number of hydrogen-bond acceptors (Lipinski definition) is 4. The molecular formula is C13H13Br2N3O2S. The van der Waals surface area contributed by atoms with Crippen LogP contribution in [0.2, 0.25) is 0 Å². The predicted molar refractivity (Wildman–Crippen MR) is 89.2 cm³/mol. The fourth-order valence-electron chi connectivity index (χ4n) is 1.76. The van der Waals surface area contributed by atoms with Crippen LogP contribution in [-0.2, 0) is 10.0 Å². The number of nitrogens with two attached hydrogens (primary N) is 1. The zero-order valence-electron chi connectivity index (χ0n) is 11.0. The minimum Gasteiger partial charge on any atom is -0.383 e. The average molecular weight is 435 g/mol. The lowest BCUT2D eigenvalue weighted by Gasteiger charge is -2.15. The molecular weight excluding hydrogens is 422 g/mol. The molecule has 0 saturated carbocycles. The van der Waals surface area contributed by atoms with Gasteiger partial charge in [-0.25, -0.2) is 18.1 Å². The van der Waals surface area contributed by atoms with Crippen molar-refractivity contribution >= 4 is 47.7 Å². The summed E-state index contributed by atoms with van der Waals surface area (Å²) >= 11 is 6.53. The maximum atomic E-state index is 12.4. The molecule has 2 rings (SSSR count). The summed E-state index contributed by atoms with van der Waals surface area (Å²) in [5.74, 6) is -0.0336. The van der Waals surface area contributed by atoms with Crippen molar-refractivity contribution in [3.05, 3.63) is 51.0 Å². The lowest BCUT2D eigenvalue weighted by atomic mass is 10.1. The first-order valence-corrected chi connectivity index (χ1v) is 9.05. The quantitative estimate of drug-likeness (QED) is 0.773. The van der Waals surface area contributed by atoms with Crippen molar-refractivity contribution in [1.82, 2.24) is 9.71 Å². The second kappa shape index (κ2) is 6.43. The Bertz CT molecular complexity index is 749. The van der Waals surface area contributed by atoms with Gasteiger partial charge in [0.2, 0.25) is 10.0 Å². The van der Waals surface area contributed by atoms with E-state index in [4.69, 9.17) is 5.73 Å². The molecule has 0 saturated heterocycles. The van der Waals surface area contributed by atoms with Crippen LogP contribution >= 0.6 is 31.9 Å². The van der Waals surface area contributed by atoms with E-state index in [9.17, 15) is 8.42 Å². The predicted octanol–water partition coefficient (Wildman–Crippen LogP) is 3.23. The molecule has 5 nitrogen and oxygen atoms in total. The largest absolute Gasteiger partial charge is 0.383 e. The summed E-state index contributed by atoms with van der Waals surface area (Å²) in [6.07, 6.45) is 1.45. The molecule has 2 aromatic rings. The van der Waals surface area contributed by atoms with Gasteiger partial charge >= 0.3 is 0 Å². The summed E-state index contributed by atoms with van der Waals surface area (Å²) in [4.78, 5) is 3.80. The van der Waals surface area contributed by atoms with E-state index in [1.165, 1.54) is 12.3 Å². The van der Waals surface area contributed by atoms with Gasteiger partial charge in [-0.2, -0.15) is 0 Å². The summed E-state index contributed by atoms with van der Waals surface area (Å²) in [6, 6.07) is 8.45. The third kappa shape index (κ3) is 4.03. The van der Waals surface area contributed by atoms with Gasteiger partial charge in [0.05, 0.1) is 0 Å². The molecule has 0 aliphatic rings. The average Bonchev–Trinajstić information content (AvgIpc) is 2.41. The first-order valence-electron chi connectivity index (χ1n) is 5.98. The second-order valence-corrected chi connectivity index (χ2v) is 7.95. The van der Waals surface area contributed by atoms with Crippen LogP contribution < -0.4 is 10.5 Å². The molecule has 3 N–H and O–H groups in total. The summed E-state index contributed by atoms with van der Waals surface area (Å²) in [5.41, 5.74) is 6.50. The number of benzene rings is 1. The lowest BCUT2D eigenvalue weighted by Crippen LogP contribution is -2.27. The molecule has 1 unspecified atom stereocenters.